The molecule has 35 heavy (non-hydrogen) atoms. The Balaban J connectivity index is 1.52. The summed E-state index contributed by atoms with van der Waals surface area (Å²) in [5, 5.41) is 1.36. The minimum Gasteiger partial charge on any atom is -0.493 e. The van der Waals surface area contributed by atoms with E-state index in [9.17, 15) is 4.79 Å². The van der Waals surface area contributed by atoms with E-state index in [1.165, 1.54) is 17.4 Å². The highest BCUT2D eigenvalue weighted by molar-refractivity contribution is 7.21. The average molecular weight is 490 g/mol. The van der Waals surface area contributed by atoms with Crippen LogP contribution in [0.25, 0.3) is 31.7 Å². The first kappa shape index (κ1) is 22.5. The number of pyridine rings is 1. The highest BCUT2D eigenvalue weighted by atomic mass is 32.1. The van der Waals surface area contributed by atoms with Crippen LogP contribution in [-0.4, -0.2) is 30.1 Å². The van der Waals surface area contributed by atoms with Crippen LogP contribution in [-0.2, 0) is 11.2 Å². The quantitative estimate of drug-likeness (QED) is 0.325. The zero-order chi connectivity index (χ0) is 24.5. The monoisotopic (exact) mass is 489 g/mol. The number of carbonyl (C=O) groups is 1. The average Bonchev–Trinajstić information content (AvgIpc) is 3.26. The van der Waals surface area contributed by atoms with Crippen LogP contribution in [0.4, 0.5) is 4.39 Å². The van der Waals surface area contributed by atoms with E-state index in [4.69, 9.17) is 19.9 Å². The standard InChI is InChI=1S/C26H20FN3O4S/c1-32-22-10-16-18(12-23(22)33-2)29-7-6-20(16)34-21-13-24-19(11-17(21)27)30-26(35-24)15-5-3-4-14(8-15)9-25(28)31/h3-8,10-13H,9H2,1-2H3,(H2,28,31). The zero-order valence-electron chi connectivity index (χ0n) is 18.9. The summed E-state index contributed by atoms with van der Waals surface area (Å²) >= 11 is 1.40. The molecule has 5 rings (SSSR count). The lowest BCUT2D eigenvalue weighted by molar-refractivity contribution is -0.117. The molecule has 0 aliphatic heterocycles. The van der Waals surface area contributed by atoms with Gasteiger partial charge in [0.1, 0.15) is 10.8 Å². The number of hydrogen-bond acceptors (Lipinski definition) is 7. The number of nitrogens with zero attached hydrogens (tertiary/aromatic N) is 2. The predicted molar refractivity (Wildman–Crippen MR) is 133 cm³/mol. The van der Waals surface area contributed by atoms with E-state index in [2.05, 4.69) is 9.97 Å². The van der Waals surface area contributed by atoms with E-state index < -0.39 is 11.7 Å². The molecule has 0 saturated carbocycles. The van der Waals surface area contributed by atoms with Gasteiger partial charge in [0.2, 0.25) is 5.91 Å². The maximum atomic E-state index is 15.0. The fourth-order valence-electron chi connectivity index (χ4n) is 3.80. The van der Waals surface area contributed by atoms with Gasteiger partial charge in [0.25, 0.3) is 0 Å². The number of carbonyl (C=O) groups excluding carboxylic acids is 1. The summed E-state index contributed by atoms with van der Waals surface area (Å²) in [7, 11) is 3.09. The Morgan fingerprint density at radius 2 is 1.77 bits per heavy atom. The van der Waals surface area contributed by atoms with E-state index in [1.54, 1.807) is 44.7 Å². The predicted octanol–water partition coefficient (Wildman–Crippen LogP) is 5.49. The Bertz CT molecular complexity index is 1580. The Hall–Kier alpha value is -4.24. The van der Waals surface area contributed by atoms with Crippen LogP contribution >= 0.6 is 11.3 Å². The smallest absolute Gasteiger partial charge is 0.221 e. The number of methoxy groups -OCH3 is 2. The second-order valence-electron chi connectivity index (χ2n) is 7.75. The first-order valence-electron chi connectivity index (χ1n) is 10.6. The molecule has 7 nitrogen and oxygen atoms in total. The van der Waals surface area contributed by atoms with Gasteiger partial charge in [0.15, 0.2) is 23.1 Å². The second-order valence-corrected chi connectivity index (χ2v) is 8.78. The number of rotatable bonds is 7. The van der Waals surface area contributed by atoms with Gasteiger partial charge in [-0.25, -0.2) is 9.37 Å². The summed E-state index contributed by atoms with van der Waals surface area (Å²) in [6, 6.07) is 15.6. The van der Waals surface area contributed by atoms with E-state index in [0.29, 0.717) is 38.7 Å². The number of benzene rings is 3. The molecular weight excluding hydrogens is 469 g/mol. The maximum absolute atomic E-state index is 15.0. The molecule has 9 heteroatoms. The van der Waals surface area contributed by atoms with Crippen molar-refractivity contribution in [2.24, 2.45) is 5.73 Å². The van der Waals surface area contributed by atoms with E-state index in [0.717, 1.165) is 15.8 Å². The fourth-order valence-corrected chi connectivity index (χ4v) is 4.77. The summed E-state index contributed by atoms with van der Waals surface area (Å²) in [6.07, 6.45) is 1.73. The molecule has 0 radical (unpaired) electrons. The minimum atomic E-state index is -0.540. The molecule has 1 amide bonds. The Morgan fingerprint density at radius 1 is 0.971 bits per heavy atom. The molecule has 2 N–H and O–H groups in total. The van der Waals surface area contributed by atoms with E-state index in [-0.39, 0.29) is 12.2 Å². The molecule has 0 aliphatic rings. The lowest BCUT2D eigenvalue weighted by Crippen LogP contribution is -2.13. The molecule has 2 heterocycles. The molecule has 0 aliphatic carbocycles. The molecule has 0 fully saturated rings. The summed E-state index contributed by atoms with van der Waals surface area (Å²) in [6.45, 7) is 0. The van der Waals surface area contributed by atoms with Crippen molar-refractivity contribution >= 4 is 38.4 Å². The minimum absolute atomic E-state index is 0.0671. The number of amides is 1. The van der Waals surface area contributed by atoms with E-state index >= 15 is 4.39 Å². The highest BCUT2D eigenvalue weighted by Crippen LogP contribution is 2.39. The van der Waals surface area contributed by atoms with Gasteiger partial charge in [0, 0.05) is 35.3 Å². The van der Waals surface area contributed by atoms with Gasteiger partial charge in [-0.3, -0.25) is 9.78 Å². The number of aromatic nitrogens is 2. The number of ether oxygens (including phenoxy) is 3. The normalized spacial score (nSPS) is 11.1. The molecule has 0 saturated heterocycles. The van der Waals surface area contributed by atoms with Crippen LogP contribution in [0, 0.1) is 5.82 Å². The van der Waals surface area contributed by atoms with Crippen LogP contribution in [0.15, 0.2) is 60.8 Å². The largest absolute Gasteiger partial charge is 0.493 e. The molecule has 5 aromatic rings. The van der Waals surface area contributed by atoms with Crippen LogP contribution < -0.4 is 19.9 Å². The summed E-state index contributed by atoms with van der Waals surface area (Å²) in [5.74, 6) is 0.599. The van der Waals surface area contributed by atoms with Gasteiger partial charge in [0.05, 0.1) is 36.4 Å². The molecule has 0 bridgehead atoms. The van der Waals surface area contributed by atoms with Crippen molar-refractivity contribution in [2.45, 2.75) is 6.42 Å². The highest BCUT2D eigenvalue weighted by Gasteiger charge is 2.16. The van der Waals surface area contributed by atoms with E-state index in [1.807, 2.05) is 24.3 Å². The molecule has 0 unspecified atom stereocenters. The lowest BCUT2D eigenvalue weighted by Gasteiger charge is -2.12. The lowest BCUT2D eigenvalue weighted by atomic mass is 10.1. The van der Waals surface area contributed by atoms with Crippen LogP contribution in [0.5, 0.6) is 23.0 Å². The molecular formula is C26H20FN3O4S. The third-order valence-electron chi connectivity index (χ3n) is 5.42. The van der Waals surface area contributed by atoms with Crippen molar-refractivity contribution in [3.63, 3.8) is 0 Å². The summed E-state index contributed by atoms with van der Waals surface area (Å²) < 4.78 is 32.5. The van der Waals surface area contributed by atoms with Gasteiger partial charge in [-0.15, -0.1) is 11.3 Å². The topological polar surface area (TPSA) is 96.6 Å². The van der Waals surface area contributed by atoms with Crippen molar-refractivity contribution < 1.29 is 23.4 Å². The first-order valence-corrected chi connectivity index (χ1v) is 11.4. The van der Waals surface area contributed by atoms with Crippen molar-refractivity contribution in [3.8, 4) is 33.6 Å². The van der Waals surface area contributed by atoms with Crippen molar-refractivity contribution in [1.29, 1.82) is 0 Å². The molecule has 0 spiro atoms. The van der Waals surface area contributed by atoms with Crippen LogP contribution in [0.2, 0.25) is 0 Å². The summed E-state index contributed by atoms with van der Waals surface area (Å²) in [5.41, 5.74) is 8.07. The fraction of sp³-hybridized carbons (Fsp3) is 0.115. The zero-order valence-corrected chi connectivity index (χ0v) is 19.7. The third kappa shape index (κ3) is 4.45. The Kier molecular flexibility index (Phi) is 5.92. The number of hydrogen-bond donors (Lipinski definition) is 1. The number of thiazole rings is 1. The van der Waals surface area contributed by atoms with Gasteiger partial charge in [-0.05, 0) is 23.8 Å². The van der Waals surface area contributed by atoms with Gasteiger partial charge in [-0.1, -0.05) is 18.2 Å². The third-order valence-corrected chi connectivity index (χ3v) is 6.49. The SMILES string of the molecule is COc1cc2nccc(Oc3cc4sc(-c5cccc(CC(N)=O)c5)nc4cc3F)c2cc1OC. The number of fused-ring (bicyclic) bond motifs is 2. The first-order chi connectivity index (χ1) is 16.9. The maximum Gasteiger partial charge on any atom is 0.221 e. The van der Waals surface area contributed by atoms with Crippen molar-refractivity contribution in [3.05, 3.63) is 72.2 Å². The number of halogens is 1. The Morgan fingerprint density at radius 3 is 2.54 bits per heavy atom. The molecule has 2 aromatic heterocycles. The summed E-state index contributed by atoms with van der Waals surface area (Å²) in [4.78, 5) is 20.2. The second kappa shape index (κ2) is 9.19. The van der Waals surface area contributed by atoms with Gasteiger partial charge >= 0.3 is 0 Å². The van der Waals surface area contributed by atoms with Crippen LogP contribution in [0.3, 0.4) is 0 Å². The number of nitrogens with two attached hydrogens (primary N) is 1. The molecule has 3 aromatic carbocycles. The van der Waals surface area contributed by atoms with Crippen molar-refractivity contribution in [2.75, 3.05) is 14.2 Å². The Labute approximate surface area is 203 Å². The van der Waals surface area contributed by atoms with Crippen LogP contribution in [0.1, 0.15) is 5.56 Å². The van der Waals surface area contributed by atoms with Gasteiger partial charge in [-0.2, -0.15) is 0 Å². The molecule has 176 valence electrons. The van der Waals surface area contributed by atoms with Gasteiger partial charge < -0.3 is 19.9 Å². The van der Waals surface area contributed by atoms with Crippen molar-refractivity contribution in [1.82, 2.24) is 9.97 Å². The number of primary amides is 1. The molecule has 0 atom stereocenters.